The SMILES string of the molecule is CC1CCN(C(=O)OC(C)(C)C)CCC1O. The van der Waals surface area contributed by atoms with E-state index in [4.69, 9.17) is 4.74 Å². The highest BCUT2D eigenvalue weighted by Crippen LogP contribution is 2.19. The van der Waals surface area contributed by atoms with Gasteiger partial charge in [-0.05, 0) is 39.5 Å². The van der Waals surface area contributed by atoms with E-state index in [1.54, 1.807) is 4.90 Å². The zero-order chi connectivity index (χ0) is 12.3. The van der Waals surface area contributed by atoms with E-state index in [0.717, 1.165) is 6.42 Å². The molecule has 2 unspecified atom stereocenters. The van der Waals surface area contributed by atoms with Gasteiger partial charge in [-0.15, -0.1) is 0 Å². The minimum atomic E-state index is -0.451. The fourth-order valence-electron chi connectivity index (χ4n) is 1.75. The molecule has 1 amide bonds. The van der Waals surface area contributed by atoms with E-state index in [0.29, 0.717) is 19.5 Å². The zero-order valence-corrected chi connectivity index (χ0v) is 10.7. The van der Waals surface area contributed by atoms with Crippen molar-refractivity contribution >= 4 is 6.09 Å². The maximum absolute atomic E-state index is 11.8. The first kappa shape index (κ1) is 13.3. The van der Waals surface area contributed by atoms with Crippen molar-refractivity contribution in [2.45, 2.75) is 52.2 Å². The first-order chi connectivity index (χ1) is 7.29. The molecule has 1 aliphatic heterocycles. The Bertz CT molecular complexity index is 235. The van der Waals surface area contributed by atoms with Crippen molar-refractivity contribution in [2.75, 3.05) is 13.1 Å². The summed E-state index contributed by atoms with van der Waals surface area (Å²) in [6, 6.07) is 0. The average Bonchev–Trinajstić information content (AvgIpc) is 2.28. The van der Waals surface area contributed by atoms with Crippen LogP contribution in [0.15, 0.2) is 0 Å². The first-order valence-electron chi connectivity index (χ1n) is 5.95. The van der Waals surface area contributed by atoms with Gasteiger partial charge in [-0.3, -0.25) is 0 Å². The molecule has 2 atom stereocenters. The molecule has 4 nitrogen and oxygen atoms in total. The van der Waals surface area contributed by atoms with Crippen LogP contribution in [0.2, 0.25) is 0 Å². The van der Waals surface area contributed by atoms with Crippen molar-refractivity contribution in [1.82, 2.24) is 4.90 Å². The van der Waals surface area contributed by atoms with Gasteiger partial charge in [-0.1, -0.05) is 6.92 Å². The molecule has 1 rings (SSSR count). The van der Waals surface area contributed by atoms with E-state index in [-0.39, 0.29) is 18.1 Å². The Balaban J connectivity index is 2.51. The summed E-state index contributed by atoms with van der Waals surface area (Å²) in [7, 11) is 0. The van der Waals surface area contributed by atoms with E-state index >= 15 is 0 Å². The second-order valence-electron chi connectivity index (χ2n) is 5.59. The van der Waals surface area contributed by atoms with Gasteiger partial charge in [0.15, 0.2) is 0 Å². The summed E-state index contributed by atoms with van der Waals surface area (Å²) in [5.41, 5.74) is -0.451. The summed E-state index contributed by atoms with van der Waals surface area (Å²) < 4.78 is 5.31. The van der Waals surface area contributed by atoms with E-state index in [1.807, 2.05) is 27.7 Å². The van der Waals surface area contributed by atoms with Gasteiger partial charge in [0.2, 0.25) is 0 Å². The van der Waals surface area contributed by atoms with Crippen LogP contribution in [0, 0.1) is 5.92 Å². The van der Waals surface area contributed by atoms with Gasteiger partial charge >= 0.3 is 6.09 Å². The number of amides is 1. The summed E-state index contributed by atoms with van der Waals surface area (Å²) >= 11 is 0. The second kappa shape index (κ2) is 5.04. The third-order valence-electron chi connectivity index (χ3n) is 2.86. The Morgan fingerprint density at radius 2 is 1.88 bits per heavy atom. The topological polar surface area (TPSA) is 49.8 Å². The van der Waals surface area contributed by atoms with Gasteiger partial charge in [-0.2, -0.15) is 0 Å². The van der Waals surface area contributed by atoms with Crippen LogP contribution in [0.4, 0.5) is 4.79 Å². The molecule has 0 saturated carbocycles. The predicted octanol–water partition coefficient (Wildman–Crippen LogP) is 2.01. The quantitative estimate of drug-likeness (QED) is 0.691. The van der Waals surface area contributed by atoms with Crippen LogP contribution in [0.1, 0.15) is 40.5 Å². The van der Waals surface area contributed by atoms with Crippen LogP contribution < -0.4 is 0 Å². The molecule has 1 aliphatic rings. The minimum Gasteiger partial charge on any atom is -0.444 e. The number of hydrogen-bond donors (Lipinski definition) is 1. The van der Waals surface area contributed by atoms with Crippen molar-refractivity contribution < 1.29 is 14.6 Å². The maximum atomic E-state index is 11.8. The van der Waals surface area contributed by atoms with E-state index in [1.165, 1.54) is 0 Å². The van der Waals surface area contributed by atoms with Gasteiger partial charge in [0.25, 0.3) is 0 Å². The molecule has 16 heavy (non-hydrogen) atoms. The Hall–Kier alpha value is -0.770. The Kier molecular flexibility index (Phi) is 4.19. The third-order valence-corrected chi connectivity index (χ3v) is 2.86. The van der Waals surface area contributed by atoms with Crippen LogP contribution >= 0.6 is 0 Å². The molecule has 1 N–H and O–H groups in total. The van der Waals surface area contributed by atoms with Gasteiger partial charge in [0.05, 0.1) is 6.10 Å². The van der Waals surface area contributed by atoms with Gasteiger partial charge in [0, 0.05) is 13.1 Å². The number of nitrogens with zero attached hydrogens (tertiary/aromatic N) is 1. The number of aliphatic hydroxyl groups is 1. The highest BCUT2D eigenvalue weighted by atomic mass is 16.6. The van der Waals surface area contributed by atoms with Crippen molar-refractivity contribution in [3.8, 4) is 0 Å². The summed E-state index contributed by atoms with van der Waals surface area (Å²) in [5.74, 6) is 0.257. The number of hydrogen-bond acceptors (Lipinski definition) is 3. The molecular formula is C12H23NO3. The number of rotatable bonds is 0. The minimum absolute atomic E-state index is 0.257. The fraction of sp³-hybridized carbons (Fsp3) is 0.917. The van der Waals surface area contributed by atoms with Crippen molar-refractivity contribution in [3.63, 3.8) is 0 Å². The second-order valence-corrected chi connectivity index (χ2v) is 5.59. The van der Waals surface area contributed by atoms with E-state index < -0.39 is 5.60 Å². The molecule has 0 aromatic rings. The van der Waals surface area contributed by atoms with Crippen LogP contribution in [-0.4, -0.2) is 40.9 Å². The van der Waals surface area contributed by atoms with Crippen LogP contribution in [-0.2, 0) is 4.74 Å². The third kappa shape index (κ3) is 4.00. The lowest BCUT2D eigenvalue weighted by molar-refractivity contribution is 0.0251. The number of carbonyl (C=O) groups excluding carboxylic acids is 1. The van der Waals surface area contributed by atoms with E-state index in [2.05, 4.69) is 0 Å². The smallest absolute Gasteiger partial charge is 0.410 e. The number of ether oxygens (including phenoxy) is 1. The van der Waals surface area contributed by atoms with Crippen molar-refractivity contribution in [3.05, 3.63) is 0 Å². The summed E-state index contributed by atoms with van der Waals surface area (Å²) in [4.78, 5) is 13.5. The van der Waals surface area contributed by atoms with Crippen LogP contribution in [0.5, 0.6) is 0 Å². The fourth-order valence-corrected chi connectivity index (χ4v) is 1.75. The lowest BCUT2D eigenvalue weighted by atomic mass is 10.0. The monoisotopic (exact) mass is 229 g/mol. The molecule has 1 heterocycles. The van der Waals surface area contributed by atoms with Crippen molar-refractivity contribution in [2.24, 2.45) is 5.92 Å². The summed E-state index contributed by atoms with van der Waals surface area (Å²) in [6.45, 7) is 8.86. The van der Waals surface area contributed by atoms with Gasteiger partial charge in [-0.25, -0.2) is 4.79 Å². The Labute approximate surface area is 97.6 Å². The highest BCUT2D eigenvalue weighted by Gasteiger charge is 2.27. The molecule has 0 aliphatic carbocycles. The molecule has 0 bridgehead atoms. The maximum Gasteiger partial charge on any atom is 0.410 e. The predicted molar refractivity (Wildman–Crippen MR) is 62.2 cm³/mol. The van der Waals surface area contributed by atoms with Gasteiger partial charge in [0.1, 0.15) is 5.60 Å². The molecule has 0 spiro atoms. The lowest BCUT2D eigenvalue weighted by Gasteiger charge is -2.26. The standard InChI is InChI=1S/C12H23NO3/c1-9-5-7-13(8-6-10(9)14)11(15)16-12(2,3)4/h9-10,14H,5-8H2,1-4H3. The molecule has 4 heteroatoms. The molecule has 1 fully saturated rings. The average molecular weight is 229 g/mol. The zero-order valence-electron chi connectivity index (χ0n) is 10.7. The molecule has 94 valence electrons. The number of aliphatic hydroxyl groups excluding tert-OH is 1. The number of likely N-dealkylation sites (tertiary alicyclic amines) is 1. The first-order valence-corrected chi connectivity index (χ1v) is 5.95. The number of carbonyl (C=O) groups is 1. The molecule has 0 radical (unpaired) electrons. The molecular weight excluding hydrogens is 206 g/mol. The normalized spacial score (nSPS) is 27.4. The largest absolute Gasteiger partial charge is 0.444 e. The Morgan fingerprint density at radius 1 is 1.31 bits per heavy atom. The molecule has 0 aromatic heterocycles. The van der Waals surface area contributed by atoms with Crippen molar-refractivity contribution in [1.29, 1.82) is 0 Å². The molecule has 1 saturated heterocycles. The Morgan fingerprint density at radius 3 is 2.44 bits per heavy atom. The summed E-state index contributed by atoms with van der Waals surface area (Å²) in [5, 5.41) is 9.71. The van der Waals surface area contributed by atoms with E-state index in [9.17, 15) is 9.90 Å². The van der Waals surface area contributed by atoms with Gasteiger partial charge < -0.3 is 14.7 Å². The lowest BCUT2D eigenvalue weighted by Crippen LogP contribution is -2.37. The molecule has 0 aromatic carbocycles. The van der Waals surface area contributed by atoms with Crippen LogP contribution in [0.3, 0.4) is 0 Å². The van der Waals surface area contributed by atoms with Crippen LogP contribution in [0.25, 0.3) is 0 Å². The summed E-state index contributed by atoms with van der Waals surface area (Å²) in [6.07, 6.45) is 0.905. The highest BCUT2D eigenvalue weighted by molar-refractivity contribution is 5.68.